The van der Waals surface area contributed by atoms with Crippen LogP contribution in [-0.2, 0) is 0 Å². The van der Waals surface area contributed by atoms with Crippen LogP contribution in [0.1, 0.15) is 0 Å². The molecule has 5 nitrogen and oxygen atoms in total. The zero-order valence-electron chi connectivity index (χ0n) is 29.4. The van der Waals surface area contributed by atoms with Gasteiger partial charge in [-0.15, -0.1) is 0 Å². The Balaban J connectivity index is 1.10. The largest absolute Gasteiger partial charge is 0.452 e. The van der Waals surface area contributed by atoms with Crippen molar-refractivity contribution in [2.45, 2.75) is 0 Å². The minimum atomic E-state index is 0.676. The van der Waals surface area contributed by atoms with E-state index in [1.807, 2.05) is 36.4 Å². The van der Waals surface area contributed by atoms with E-state index in [9.17, 15) is 0 Å². The highest BCUT2D eigenvalue weighted by atomic mass is 16.3. The number of fused-ring (bicyclic) bond motifs is 15. The summed E-state index contributed by atoms with van der Waals surface area (Å²) in [6, 6.07) is 60.5. The van der Waals surface area contributed by atoms with E-state index in [0.717, 1.165) is 39.0 Å². The molecule has 0 atom stereocenters. The SMILES string of the molecule is c1ccc(-c2nc(-c3ccc(-n4c5ccccc5c5cc6c7ccc8ccccc8c7n7c8ccccc8c(c54)c67)cc3)c3oc4ccccc4c3n2)cc1. The summed E-state index contributed by atoms with van der Waals surface area (Å²) < 4.78 is 11.4. The van der Waals surface area contributed by atoms with Gasteiger partial charge in [-0.2, -0.15) is 0 Å². The van der Waals surface area contributed by atoms with Crippen molar-refractivity contribution in [1.82, 2.24) is 18.9 Å². The first-order valence-electron chi connectivity index (χ1n) is 18.7. The average molecular weight is 701 g/mol. The lowest BCUT2D eigenvalue weighted by Gasteiger charge is -2.11. The Bertz CT molecular complexity index is 3700. The third kappa shape index (κ3) is 3.81. The van der Waals surface area contributed by atoms with E-state index in [4.69, 9.17) is 14.4 Å². The molecule has 0 aliphatic heterocycles. The first-order valence-corrected chi connectivity index (χ1v) is 18.7. The summed E-state index contributed by atoms with van der Waals surface area (Å²) in [6.45, 7) is 0. The predicted molar refractivity (Wildman–Crippen MR) is 227 cm³/mol. The van der Waals surface area contributed by atoms with Crippen LogP contribution in [0.15, 0.2) is 174 Å². The maximum absolute atomic E-state index is 6.48. The van der Waals surface area contributed by atoms with Gasteiger partial charge >= 0.3 is 0 Å². The number of furan rings is 1. The summed E-state index contributed by atoms with van der Waals surface area (Å²) in [5.41, 5.74) is 12.3. The molecule has 0 saturated heterocycles. The first-order chi connectivity index (χ1) is 27.3. The normalized spacial score (nSPS) is 12.4. The van der Waals surface area contributed by atoms with Gasteiger partial charge in [-0.25, -0.2) is 9.97 Å². The van der Waals surface area contributed by atoms with Crippen LogP contribution in [0.25, 0.3) is 121 Å². The lowest BCUT2D eigenvalue weighted by atomic mass is 10.0. The molecule has 13 aromatic rings. The number of hydrogen-bond donors (Lipinski definition) is 0. The monoisotopic (exact) mass is 700 g/mol. The summed E-state index contributed by atoms with van der Waals surface area (Å²) in [7, 11) is 0. The van der Waals surface area contributed by atoms with Gasteiger partial charge in [0, 0.05) is 59.9 Å². The Hall–Kier alpha value is -7.50. The fraction of sp³-hybridized carbons (Fsp3) is 0. The molecular formula is C50H28N4O. The molecule has 0 aliphatic rings. The van der Waals surface area contributed by atoms with E-state index in [1.54, 1.807) is 0 Å². The molecule has 55 heavy (non-hydrogen) atoms. The molecule has 8 aromatic carbocycles. The summed E-state index contributed by atoms with van der Waals surface area (Å²) in [4.78, 5) is 10.2. The standard InChI is InChI=1S/C50H28N4O/c1-2-13-31(14-3-1)50-51-44(49-45(52-50)37-18-8-11-21-42(37)55-49)30-22-25-32(26-23-30)53-40-19-9-6-16-34(40)38-28-39-35-27-24-29-12-4-5-15-33(29)46(35)54-41-20-10-7-17-36(41)43(47(38)53)48(39)54/h1-28H. The van der Waals surface area contributed by atoms with Crippen LogP contribution in [0.2, 0.25) is 0 Å². The number of para-hydroxylation sites is 3. The van der Waals surface area contributed by atoms with E-state index in [2.05, 4.69) is 142 Å². The van der Waals surface area contributed by atoms with Gasteiger partial charge in [-0.1, -0.05) is 127 Å². The van der Waals surface area contributed by atoms with Gasteiger partial charge in [0.15, 0.2) is 11.4 Å². The molecule has 5 heteroatoms. The van der Waals surface area contributed by atoms with Gasteiger partial charge < -0.3 is 13.4 Å². The minimum Gasteiger partial charge on any atom is -0.452 e. The molecule has 0 N–H and O–H groups in total. The van der Waals surface area contributed by atoms with Crippen molar-refractivity contribution < 1.29 is 4.42 Å². The van der Waals surface area contributed by atoms with Crippen LogP contribution < -0.4 is 0 Å². The molecule has 0 unspecified atom stereocenters. The Kier molecular flexibility index (Phi) is 5.57. The van der Waals surface area contributed by atoms with Gasteiger partial charge in [0.2, 0.25) is 0 Å². The van der Waals surface area contributed by atoms with Crippen molar-refractivity contribution >= 4 is 92.7 Å². The fourth-order valence-corrected chi connectivity index (χ4v) is 9.30. The average Bonchev–Trinajstić information content (AvgIpc) is 3.99. The molecule has 5 aromatic heterocycles. The fourth-order valence-electron chi connectivity index (χ4n) is 9.30. The zero-order chi connectivity index (χ0) is 35.8. The maximum atomic E-state index is 6.48. The van der Waals surface area contributed by atoms with Gasteiger partial charge in [-0.05, 0) is 47.9 Å². The van der Waals surface area contributed by atoms with E-state index in [-0.39, 0.29) is 0 Å². The van der Waals surface area contributed by atoms with Gasteiger partial charge in [0.25, 0.3) is 0 Å². The van der Waals surface area contributed by atoms with Crippen LogP contribution in [0.3, 0.4) is 0 Å². The second kappa shape index (κ2) is 10.6. The topological polar surface area (TPSA) is 48.3 Å². The van der Waals surface area contributed by atoms with Crippen LogP contribution in [0.5, 0.6) is 0 Å². The molecule has 0 bridgehead atoms. The Morgan fingerprint density at radius 2 is 1.13 bits per heavy atom. The van der Waals surface area contributed by atoms with E-state index in [0.29, 0.717) is 11.4 Å². The Morgan fingerprint density at radius 1 is 0.436 bits per heavy atom. The minimum absolute atomic E-state index is 0.676. The lowest BCUT2D eigenvalue weighted by Crippen LogP contribution is -1.96. The van der Waals surface area contributed by atoms with Gasteiger partial charge in [0.05, 0.1) is 27.6 Å². The highest BCUT2D eigenvalue weighted by molar-refractivity contribution is 6.35. The van der Waals surface area contributed by atoms with Crippen molar-refractivity contribution in [3.63, 3.8) is 0 Å². The van der Waals surface area contributed by atoms with Crippen LogP contribution >= 0.6 is 0 Å². The Morgan fingerprint density at radius 3 is 1.98 bits per heavy atom. The third-order valence-electron chi connectivity index (χ3n) is 11.6. The molecule has 0 spiro atoms. The molecule has 0 amide bonds. The van der Waals surface area contributed by atoms with Crippen LogP contribution in [-0.4, -0.2) is 18.9 Å². The summed E-state index contributed by atoms with van der Waals surface area (Å²) >= 11 is 0. The smallest absolute Gasteiger partial charge is 0.180 e. The highest BCUT2D eigenvalue weighted by Crippen LogP contribution is 2.47. The molecule has 0 fully saturated rings. The molecular weight excluding hydrogens is 673 g/mol. The molecule has 0 aliphatic carbocycles. The van der Waals surface area contributed by atoms with Crippen molar-refractivity contribution in [2.24, 2.45) is 0 Å². The first kappa shape index (κ1) is 29.0. The highest BCUT2D eigenvalue weighted by Gasteiger charge is 2.25. The second-order valence-electron chi connectivity index (χ2n) is 14.5. The molecule has 0 saturated carbocycles. The number of aromatic nitrogens is 4. The van der Waals surface area contributed by atoms with Gasteiger partial charge in [-0.3, -0.25) is 0 Å². The lowest BCUT2D eigenvalue weighted by molar-refractivity contribution is 0.667. The van der Waals surface area contributed by atoms with Gasteiger partial charge in [0.1, 0.15) is 16.8 Å². The third-order valence-corrected chi connectivity index (χ3v) is 11.6. The molecule has 13 rings (SSSR count). The Labute approximate surface area is 313 Å². The van der Waals surface area contributed by atoms with Crippen molar-refractivity contribution in [1.29, 1.82) is 0 Å². The number of rotatable bonds is 3. The summed E-state index contributed by atoms with van der Waals surface area (Å²) in [6.07, 6.45) is 0. The van der Waals surface area contributed by atoms with E-state index in [1.165, 1.54) is 70.7 Å². The van der Waals surface area contributed by atoms with Crippen molar-refractivity contribution in [3.8, 4) is 28.3 Å². The number of nitrogens with zero attached hydrogens (tertiary/aromatic N) is 4. The second-order valence-corrected chi connectivity index (χ2v) is 14.5. The quantitative estimate of drug-likeness (QED) is 0.184. The van der Waals surface area contributed by atoms with E-state index < -0.39 is 0 Å². The number of hydrogen-bond acceptors (Lipinski definition) is 3. The van der Waals surface area contributed by atoms with Crippen molar-refractivity contribution in [3.05, 3.63) is 170 Å². The van der Waals surface area contributed by atoms with Crippen LogP contribution in [0.4, 0.5) is 0 Å². The zero-order valence-corrected chi connectivity index (χ0v) is 29.4. The summed E-state index contributed by atoms with van der Waals surface area (Å²) in [5, 5.41) is 11.1. The van der Waals surface area contributed by atoms with E-state index >= 15 is 0 Å². The maximum Gasteiger partial charge on any atom is 0.180 e. The molecule has 254 valence electrons. The van der Waals surface area contributed by atoms with Crippen molar-refractivity contribution in [2.75, 3.05) is 0 Å². The molecule has 0 radical (unpaired) electrons. The summed E-state index contributed by atoms with van der Waals surface area (Å²) in [5.74, 6) is 0.676. The predicted octanol–water partition coefficient (Wildman–Crippen LogP) is 13.1. The number of benzene rings is 8. The molecule has 5 heterocycles. The van der Waals surface area contributed by atoms with Crippen LogP contribution in [0, 0.1) is 0 Å².